The summed E-state index contributed by atoms with van der Waals surface area (Å²) in [6.07, 6.45) is 5.60. The van der Waals surface area contributed by atoms with Crippen molar-refractivity contribution in [3.05, 3.63) is 12.2 Å². The van der Waals surface area contributed by atoms with E-state index in [2.05, 4.69) is 5.32 Å². The molecule has 0 aromatic rings. The maximum atomic E-state index is 11.1. The molecule has 0 spiro atoms. The number of hydrogen-bond donors (Lipinski definition) is 2. The second-order valence-corrected chi connectivity index (χ2v) is 3.56. The second-order valence-electron chi connectivity index (χ2n) is 2.70. The fourth-order valence-corrected chi connectivity index (χ4v) is 1.21. The summed E-state index contributed by atoms with van der Waals surface area (Å²) in [4.78, 5) is 21.8. The Balaban J connectivity index is 4.08. The van der Waals surface area contributed by atoms with Gasteiger partial charge in [0.15, 0.2) is 0 Å². The Morgan fingerprint density at radius 2 is 2.21 bits per heavy atom. The molecule has 0 aliphatic rings. The number of thioether (sulfide) groups is 1. The molecule has 0 saturated heterocycles. The van der Waals surface area contributed by atoms with Crippen LogP contribution in [0.15, 0.2) is 12.2 Å². The number of rotatable bonds is 6. The van der Waals surface area contributed by atoms with Crippen LogP contribution in [0.3, 0.4) is 0 Å². The van der Waals surface area contributed by atoms with E-state index >= 15 is 0 Å². The van der Waals surface area contributed by atoms with Gasteiger partial charge in [-0.15, -0.1) is 0 Å². The van der Waals surface area contributed by atoms with Crippen LogP contribution in [0.4, 0.5) is 0 Å². The van der Waals surface area contributed by atoms with Crippen molar-refractivity contribution in [2.45, 2.75) is 19.4 Å². The van der Waals surface area contributed by atoms with E-state index < -0.39 is 12.0 Å². The third kappa shape index (κ3) is 5.64. The molecular formula is C9H15NO3S. The van der Waals surface area contributed by atoms with Crippen molar-refractivity contribution in [3.8, 4) is 0 Å². The fraction of sp³-hybridized carbons (Fsp3) is 0.556. The van der Waals surface area contributed by atoms with Gasteiger partial charge in [-0.2, -0.15) is 11.8 Å². The van der Waals surface area contributed by atoms with E-state index in [9.17, 15) is 9.59 Å². The van der Waals surface area contributed by atoms with E-state index in [0.29, 0.717) is 12.2 Å². The maximum absolute atomic E-state index is 11.1. The molecule has 80 valence electrons. The van der Waals surface area contributed by atoms with Gasteiger partial charge < -0.3 is 10.4 Å². The zero-order valence-electron chi connectivity index (χ0n) is 8.32. The minimum atomic E-state index is -1.00. The van der Waals surface area contributed by atoms with Crippen LogP contribution < -0.4 is 5.32 Å². The zero-order valence-corrected chi connectivity index (χ0v) is 9.13. The van der Waals surface area contributed by atoms with Crippen molar-refractivity contribution >= 4 is 23.6 Å². The lowest BCUT2D eigenvalue weighted by molar-refractivity contribution is -0.141. The molecule has 0 aliphatic carbocycles. The number of carboxylic acid groups (broad SMARTS) is 1. The van der Waals surface area contributed by atoms with Crippen molar-refractivity contribution in [2.75, 3.05) is 12.0 Å². The van der Waals surface area contributed by atoms with Crippen molar-refractivity contribution in [1.29, 1.82) is 0 Å². The number of nitrogens with one attached hydrogen (secondary N) is 1. The first-order valence-corrected chi connectivity index (χ1v) is 5.63. The van der Waals surface area contributed by atoms with Crippen LogP contribution >= 0.6 is 11.8 Å². The van der Waals surface area contributed by atoms with Crippen LogP contribution in [0.25, 0.3) is 0 Å². The molecule has 0 aromatic carbocycles. The number of amides is 1. The molecule has 0 heterocycles. The van der Waals surface area contributed by atoms with Crippen molar-refractivity contribution in [3.63, 3.8) is 0 Å². The normalized spacial score (nSPS) is 12.7. The minimum absolute atomic E-state index is 0.241. The summed E-state index contributed by atoms with van der Waals surface area (Å²) in [6.45, 7) is 1.81. The van der Waals surface area contributed by atoms with E-state index in [-0.39, 0.29) is 5.91 Å². The van der Waals surface area contributed by atoms with Gasteiger partial charge in [0.2, 0.25) is 5.91 Å². The Labute approximate surface area is 87.8 Å². The van der Waals surface area contributed by atoms with Crippen LogP contribution in [-0.4, -0.2) is 35.0 Å². The van der Waals surface area contributed by atoms with Gasteiger partial charge in [-0.25, -0.2) is 4.79 Å². The molecule has 1 amide bonds. The highest BCUT2D eigenvalue weighted by atomic mass is 32.2. The summed E-state index contributed by atoms with van der Waals surface area (Å²) < 4.78 is 0. The molecular weight excluding hydrogens is 202 g/mol. The van der Waals surface area contributed by atoms with Gasteiger partial charge in [0.25, 0.3) is 0 Å². The molecule has 1 unspecified atom stereocenters. The summed E-state index contributed by atoms with van der Waals surface area (Å²) in [5, 5.41) is 11.2. The van der Waals surface area contributed by atoms with Crippen molar-refractivity contribution in [2.24, 2.45) is 0 Å². The molecule has 0 bridgehead atoms. The summed E-state index contributed by atoms with van der Waals surface area (Å²) in [6, 6.07) is -0.814. The van der Waals surface area contributed by atoms with E-state index in [4.69, 9.17) is 5.11 Å². The molecule has 0 rings (SSSR count). The Kier molecular flexibility index (Phi) is 6.92. The van der Waals surface area contributed by atoms with Crippen LogP contribution in [0, 0.1) is 0 Å². The number of hydrogen-bond acceptors (Lipinski definition) is 3. The van der Waals surface area contributed by atoms with Crippen molar-refractivity contribution in [1.82, 2.24) is 5.32 Å². The standard InChI is InChI=1S/C9H15NO3S/c1-3-4-5-7(9(12)13)10-8(11)6-14-2/h3-4,7H,5-6H2,1-2H3,(H,10,11)(H,12,13)/b4-3+. The van der Waals surface area contributed by atoms with Crippen LogP contribution in [0.2, 0.25) is 0 Å². The maximum Gasteiger partial charge on any atom is 0.326 e. The van der Waals surface area contributed by atoms with Gasteiger partial charge >= 0.3 is 5.97 Å². The Morgan fingerprint density at radius 1 is 1.57 bits per heavy atom. The lowest BCUT2D eigenvalue weighted by atomic mass is 10.2. The van der Waals surface area contributed by atoms with Gasteiger partial charge in [0.05, 0.1) is 5.75 Å². The lowest BCUT2D eigenvalue weighted by Gasteiger charge is -2.11. The highest BCUT2D eigenvalue weighted by molar-refractivity contribution is 7.99. The Morgan fingerprint density at radius 3 is 2.64 bits per heavy atom. The summed E-state index contributed by atoms with van der Waals surface area (Å²) >= 11 is 1.36. The molecule has 0 aliphatic heterocycles. The minimum Gasteiger partial charge on any atom is -0.480 e. The van der Waals surface area contributed by atoms with E-state index in [0.717, 1.165) is 0 Å². The zero-order chi connectivity index (χ0) is 11.0. The summed E-state index contributed by atoms with van der Waals surface area (Å²) in [5.41, 5.74) is 0. The number of carboxylic acids is 1. The molecule has 5 heteroatoms. The molecule has 0 saturated carbocycles. The number of allylic oxidation sites excluding steroid dienone is 1. The largest absolute Gasteiger partial charge is 0.480 e. The van der Waals surface area contributed by atoms with Gasteiger partial charge in [-0.1, -0.05) is 12.2 Å². The first-order chi connectivity index (χ1) is 6.61. The SMILES string of the molecule is C/C=C/CC(NC(=O)CSC)C(=O)O. The molecule has 14 heavy (non-hydrogen) atoms. The number of carbonyl (C=O) groups excluding carboxylic acids is 1. The monoisotopic (exact) mass is 217 g/mol. The van der Waals surface area contributed by atoms with Crippen LogP contribution in [-0.2, 0) is 9.59 Å². The van der Waals surface area contributed by atoms with Crippen LogP contribution in [0.1, 0.15) is 13.3 Å². The molecule has 1 atom stereocenters. The smallest absolute Gasteiger partial charge is 0.326 e. The quantitative estimate of drug-likeness (QED) is 0.648. The third-order valence-corrected chi connectivity index (χ3v) is 2.07. The average molecular weight is 217 g/mol. The summed E-state index contributed by atoms with van der Waals surface area (Å²) in [5.74, 6) is -0.952. The van der Waals surface area contributed by atoms with Crippen LogP contribution in [0.5, 0.6) is 0 Å². The molecule has 0 aromatic heterocycles. The fourth-order valence-electron chi connectivity index (χ4n) is 0.861. The average Bonchev–Trinajstić information content (AvgIpc) is 2.12. The van der Waals surface area contributed by atoms with Gasteiger partial charge in [0.1, 0.15) is 6.04 Å². The highest BCUT2D eigenvalue weighted by Gasteiger charge is 2.17. The predicted octanol–water partition coefficient (Wildman–Crippen LogP) is 0.885. The van der Waals surface area contributed by atoms with Gasteiger partial charge in [-0.05, 0) is 19.6 Å². The molecule has 2 N–H and O–H groups in total. The second kappa shape index (κ2) is 7.44. The first-order valence-electron chi connectivity index (χ1n) is 4.24. The predicted molar refractivity (Wildman–Crippen MR) is 57.4 cm³/mol. The van der Waals surface area contributed by atoms with E-state index in [1.54, 1.807) is 18.4 Å². The van der Waals surface area contributed by atoms with E-state index in [1.165, 1.54) is 11.8 Å². The first kappa shape index (κ1) is 13.0. The lowest BCUT2D eigenvalue weighted by Crippen LogP contribution is -2.41. The van der Waals surface area contributed by atoms with Gasteiger partial charge in [0, 0.05) is 0 Å². The van der Waals surface area contributed by atoms with Crippen molar-refractivity contribution < 1.29 is 14.7 Å². The third-order valence-electron chi connectivity index (χ3n) is 1.52. The van der Waals surface area contributed by atoms with E-state index in [1.807, 2.05) is 6.92 Å². The number of carbonyl (C=O) groups is 2. The molecule has 4 nitrogen and oxygen atoms in total. The highest BCUT2D eigenvalue weighted by Crippen LogP contribution is 1.97. The topological polar surface area (TPSA) is 66.4 Å². The molecule has 0 fully saturated rings. The number of aliphatic carboxylic acids is 1. The summed E-state index contributed by atoms with van der Waals surface area (Å²) in [7, 11) is 0. The van der Waals surface area contributed by atoms with Gasteiger partial charge in [-0.3, -0.25) is 4.79 Å². The molecule has 0 radical (unpaired) electrons. The Bertz CT molecular complexity index is 228. The Hall–Kier alpha value is -0.970.